The van der Waals surface area contributed by atoms with Gasteiger partial charge in [-0.2, -0.15) is 0 Å². The Morgan fingerprint density at radius 2 is 1.65 bits per heavy atom. The quantitative estimate of drug-likeness (QED) is 0.699. The van der Waals surface area contributed by atoms with Crippen LogP contribution in [0.4, 0.5) is 0 Å². The van der Waals surface area contributed by atoms with Crippen LogP contribution in [0.15, 0.2) is 30.3 Å². The molecule has 1 aliphatic carbocycles. The molecule has 2 fully saturated rings. The highest BCUT2D eigenvalue weighted by Crippen LogP contribution is 2.46. The average Bonchev–Trinajstić information content (AvgIpc) is 2.38. The lowest BCUT2D eigenvalue weighted by Gasteiger charge is -2.41. The second-order valence-electron chi connectivity index (χ2n) is 5.88. The Morgan fingerprint density at radius 1 is 1.00 bits per heavy atom. The molecular formula is C15H21BO. The zero-order valence-corrected chi connectivity index (χ0v) is 10.6. The Bertz CT molecular complexity index is 350. The van der Waals surface area contributed by atoms with E-state index in [2.05, 4.69) is 30.3 Å². The summed E-state index contributed by atoms with van der Waals surface area (Å²) in [4.78, 5) is 0. The highest BCUT2D eigenvalue weighted by molar-refractivity contribution is 6.52. The smallest absolute Gasteiger partial charge is 0.293 e. The Kier molecular flexibility index (Phi) is 3.24. The van der Waals surface area contributed by atoms with E-state index in [4.69, 9.17) is 4.65 Å². The molecule has 1 aromatic rings. The van der Waals surface area contributed by atoms with Crippen LogP contribution in [0.3, 0.4) is 0 Å². The van der Waals surface area contributed by atoms with Crippen LogP contribution >= 0.6 is 0 Å². The van der Waals surface area contributed by atoms with Crippen LogP contribution in [0.1, 0.15) is 30.7 Å². The molecular weight excluding hydrogens is 207 g/mol. The van der Waals surface area contributed by atoms with Gasteiger partial charge in [-0.3, -0.25) is 0 Å². The molecule has 2 atom stereocenters. The molecule has 2 heteroatoms. The van der Waals surface area contributed by atoms with Crippen molar-refractivity contribution < 1.29 is 4.65 Å². The fraction of sp³-hybridized carbons (Fsp3) is 0.600. The van der Waals surface area contributed by atoms with Gasteiger partial charge in [-0.25, -0.2) is 0 Å². The third-order valence-electron chi connectivity index (χ3n) is 4.70. The van der Waals surface area contributed by atoms with Crippen molar-refractivity contribution in [1.29, 1.82) is 0 Å². The van der Waals surface area contributed by atoms with Crippen LogP contribution in [-0.4, -0.2) is 14.0 Å². The third kappa shape index (κ3) is 2.42. The van der Waals surface area contributed by atoms with Gasteiger partial charge in [0.15, 0.2) is 0 Å². The molecule has 2 aliphatic rings. The highest BCUT2D eigenvalue weighted by Gasteiger charge is 2.38. The van der Waals surface area contributed by atoms with Gasteiger partial charge in [-0.05, 0) is 55.2 Å². The van der Waals surface area contributed by atoms with Gasteiger partial charge in [0.1, 0.15) is 0 Å². The van der Waals surface area contributed by atoms with Crippen molar-refractivity contribution >= 4 is 6.92 Å². The fourth-order valence-electron chi connectivity index (χ4n) is 3.98. The van der Waals surface area contributed by atoms with Gasteiger partial charge in [0.2, 0.25) is 0 Å². The molecule has 0 N–H and O–H groups in total. The summed E-state index contributed by atoms with van der Waals surface area (Å²) < 4.78 is 5.57. The Hall–Kier alpha value is -0.755. The topological polar surface area (TPSA) is 9.23 Å². The molecule has 1 aliphatic heterocycles. The van der Waals surface area contributed by atoms with Crippen molar-refractivity contribution in [2.75, 3.05) is 7.11 Å². The lowest BCUT2D eigenvalue weighted by Crippen LogP contribution is -2.35. The van der Waals surface area contributed by atoms with Gasteiger partial charge in [-0.1, -0.05) is 30.3 Å². The van der Waals surface area contributed by atoms with Crippen molar-refractivity contribution in [3.8, 4) is 0 Å². The second-order valence-corrected chi connectivity index (χ2v) is 5.88. The number of hydrogen-bond acceptors (Lipinski definition) is 1. The van der Waals surface area contributed by atoms with Crippen molar-refractivity contribution in [2.24, 2.45) is 11.8 Å². The maximum atomic E-state index is 5.57. The standard InChI is InChI=1S/C15H21BO/c1-17-16-10-12-7-13(11-16)9-15(8-12)14-5-3-2-4-6-14/h2-6,12-13,15H,7-11H2,1H3. The van der Waals surface area contributed by atoms with E-state index in [9.17, 15) is 0 Å². The predicted octanol–water partition coefficient (Wildman–Crippen LogP) is 3.84. The van der Waals surface area contributed by atoms with E-state index in [1.54, 1.807) is 5.56 Å². The highest BCUT2D eigenvalue weighted by atomic mass is 16.4. The van der Waals surface area contributed by atoms with Gasteiger partial charge in [0, 0.05) is 7.11 Å². The van der Waals surface area contributed by atoms with Crippen LogP contribution in [0, 0.1) is 11.8 Å². The molecule has 17 heavy (non-hydrogen) atoms. The SMILES string of the molecule is COB1CC2CC(C1)CC(c1ccccc1)C2. The zero-order chi connectivity index (χ0) is 11.7. The molecule has 0 radical (unpaired) electrons. The molecule has 1 heterocycles. The second kappa shape index (κ2) is 4.85. The molecule has 3 rings (SSSR count). The first kappa shape index (κ1) is 11.3. The summed E-state index contributed by atoms with van der Waals surface area (Å²) in [6.07, 6.45) is 6.77. The molecule has 1 saturated carbocycles. The number of hydrogen-bond donors (Lipinski definition) is 0. The van der Waals surface area contributed by atoms with Crippen molar-refractivity contribution in [3.63, 3.8) is 0 Å². The van der Waals surface area contributed by atoms with Gasteiger partial charge < -0.3 is 4.65 Å². The largest absolute Gasteiger partial charge is 0.438 e. The van der Waals surface area contributed by atoms with E-state index in [0.717, 1.165) is 17.8 Å². The summed E-state index contributed by atoms with van der Waals surface area (Å²) in [5, 5.41) is 0. The van der Waals surface area contributed by atoms with E-state index in [1.165, 1.54) is 31.9 Å². The lowest BCUT2D eigenvalue weighted by atomic mass is 9.46. The molecule has 1 saturated heterocycles. The molecule has 1 aromatic carbocycles. The van der Waals surface area contributed by atoms with Gasteiger partial charge in [0.25, 0.3) is 6.92 Å². The number of fused-ring (bicyclic) bond motifs is 2. The van der Waals surface area contributed by atoms with Crippen molar-refractivity contribution in [2.45, 2.75) is 37.8 Å². The molecule has 1 nitrogen and oxygen atoms in total. The summed E-state index contributed by atoms with van der Waals surface area (Å²) in [5.41, 5.74) is 1.55. The monoisotopic (exact) mass is 228 g/mol. The third-order valence-corrected chi connectivity index (χ3v) is 4.70. The maximum Gasteiger partial charge on any atom is 0.293 e. The van der Waals surface area contributed by atoms with Crippen LogP contribution in [-0.2, 0) is 4.65 Å². The van der Waals surface area contributed by atoms with Gasteiger partial charge in [0.05, 0.1) is 0 Å². The minimum Gasteiger partial charge on any atom is -0.438 e. The first-order valence-electron chi connectivity index (χ1n) is 6.93. The summed E-state index contributed by atoms with van der Waals surface area (Å²) in [7, 11) is 1.88. The molecule has 2 unspecified atom stereocenters. The Morgan fingerprint density at radius 3 is 2.24 bits per heavy atom. The first-order chi connectivity index (χ1) is 8.35. The Balaban J connectivity index is 1.72. The van der Waals surface area contributed by atoms with E-state index >= 15 is 0 Å². The summed E-state index contributed by atoms with van der Waals surface area (Å²) >= 11 is 0. The summed E-state index contributed by atoms with van der Waals surface area (Å²) in [6, 6.07) is 11.1. The van der Waals surface area contributed by atoms with Crippen LogP contribution in [0.5, 0.6) is 0 Å². The van der Waals surface area contributed by atoms with E-state index in [0.29, 0.717) is 6.92 Å². The molecule has 90 valence electrons. The van der Waals surface area contributed by atoms with Crippen LogP contribution in [0.2, 0.25) is 12.6 Å². The van der Waals surface area contributed by atoms with E-state index in [-0.39, 0.29) is 0 Å². The first-order valence-corrected chi connectivity index (χ1v) is 6.93. The average molecular weight is 228 g/mol. The molecule has 0 aromatic heterocycles. The van der Waals surface area contributed by atoms with Crippen LogP contribution < -0.4 is 0 Å². The van der Waals surface area contributed by atoms with E-state index in [1.807, 2.05) is 7.11 Å². The number of benzene rings is 1. The predicted molar refractivity (Wildman–Crippen MR) is 72.4 cm³/mol. The van der Waals surface area contributed by atoms with Gasteiger partial charge >= 0.3 is 0 Å². The molecule has 0 spiro atoms. The van der Waals surface area contributed by atoms with Gasteiger partial charge in [-0.15, -0.1) is 0 Å². The normalized spacial score (nSPS) is 32.5. The lowest BCUT2D eigenvalue weighted by molar-refractivity contribution is 0.232. The minimum atomic E-state index is 0.537. The number of rotatable bonds is 2. The van der Waals surface area contributed by atoms with Crippen LogP contribution in [0.25, 0.3) is 0 Å². The minimum absolute atomic E-state index is 0.537. The maximum absolute atomic E-state index is 5.57. The van der Waals surface area contributed by atoms with E-state index < -0.39 is 0 Å². The Labute approximate surface area is 105 Å². The van der Waals surface area contributed by atoms with Crippen molar-refractivity contribution in [1.82, 2.24) is 0 Å². The fourth-order valence-corrected chi connectivity index (χ4v) is 3.98. The molecule has 0 amide bonds. The van der Waals surface area contributed by atoms with Crippen molar-refractivity contribution in [3.05, 3.63) is 35.9 Å². The zero-order valence-electron chi connectivity index (χ0n) is 10.6. The summed E-state index contributed by atoms with van der Waals surface area (Å²) in [5.74, 6) is 2.60. The molecule has 2 bridgehead atoms. The summed E-state index contributed by atoms with van der Waals surface area (Å²) in [6.45, 7) is 0.537.